The Balaban J connectivity index is 1.82. The molecule has 0 radical (unpaired) electrons. The van der Waals surface area contributed by atoms with Gasteiger partial charge in [0.25, 0.3) is 0 Å². The van der Waals surface area contributed by atoms with Gasteiger partial charge in [-0.15, -0.1) is 0 Å². The monoisotopic (exact) mass is 356 g/mol. The number of benzene rings is 2. The second kappa shape index (κ2) is 7.66. The van der Waals surface area contributed by atoms with Gasteiger partial charge in [-0.2, -0.15) is 0 Å². The van der Waals surface area contributed by atoms with E-state index in [1.165, 1.54) is 11.8 Å². The molecule has 3 rings (SSSR count). The molecule has 130 valence electrons. The third-order valence-corrected chi connectivity index (χ3v) is 5.39. The van der Waals surface area contributed by atoms with Crippen LogP contribution < -0.4 is 9.47 Å². The first-order valence-electron chi connectivity index (χ1n) is 8.02. The van der Waals surface area contributed by atoms with Gasteiger partial charge in [0.05, 0.1) is 19.1 Å². The highest BCUT2D eigenvalue weighted by molar-refractivity contribution is 8.04. The molecule has 5 heteroatoms. The molecule has 25 heavy (non-hydrogen) atoms. The van der Waals surface area contributed by atoms with Gasteiger partial charge in [0.15, 0.2) is 17.3 Å². The molecule has 1 atom stereocenters. The van der Waals surface area contributed by atoms with Crippen LogP contribution in [0.5, 0.6) is 11.5 Å². The molecule has 0 fully saturated rings. The molecule has 0 aliphatic heterocycles. The van der Waals surface area contributed by atoms with Gasteiger partial charge < -0.3 is 14.6 Å². The van der Waals surface area contributed by atoms with Crippen LogP contribution >= 0.6 is 11.8 Å². The largest absolute Gasteiger partial charge is 0.511 e. The minimum atomic E-state index is -0.0302. The number of hydrogen-bond donors (Lipinski definition) is 1. The van der Waals surface area contributed by atoms with Crippen LogP contribution in [0.15, 0.2) is 64.1 Å². The fourth-order valence-electron chi connectivity index (χ4n) is 2.95. The van der Waals surface area contributed by atoms with Crippen molar-refractivity contribution in [2.45, 2.75) is 23.7 Å². The fourth-order valence-corrected chi connectivity index (χ4v) is 3.89. The van der Waals surface area contributed by atoms with E-state index >= 15 is 0 Å². The quantitative estimate of drug-likeness (QED) is 0.841. The Morgan fingerprint density at radius 3 is 2.36 bits per heavy atom. The predicted molar refractivity (Wildman–Crippen MR) is 98.5 cm³/mol. The number of allylic oxidation sites excluding steroid dienone is 2. The lowest BCUT2D eigenvalue weighted by atomic mass is 9.86. The first-order chi connectivity index (χ1) is 12.1. The molecule has 0 saturated carbocycles. The highest BCUT2D eigenvalue weighted by atomic mass is 32.2. The summed E-state index contributed by atoms with van der Waals surface area (Å²) >= 11 is 1.27. The maximum atomic E-state index is 12.6. The molecular weight excluding hydrogens is 336 g/mol. The highest BCUT2D eigenvalue weighted by Crippen LogP contribution is 2.41. The van der Waals surface area contributed by atoms with Gasteiger partial charge in [-0.05, 0) is 29.7 Å². The van der Waals surface area contributed by atoms with E-state index in [1.807, 2.05) is 36.4 Å². The molecule has 0 spiro atoms. The number of carbonyl (C=O) groups excluding carboxylic acids is 1. The Hall–Kier alpha value is -2.40. The SMILES string of the molecule is COc1ccc(SC2=C(O)CC(c3ccccc3)CC2=O)cc1OC. The summed E-state index contributed by atoms with van der Waals surface area (Å²) in [4.78, 5) is 13.8. The van der Waals surface area contributed by atoms with Crippen LogP contribution in [0.2, 0.25) is 0 Å². The van der Waals surface area contributed by atoms with E-state index in [2.05, 4.69) is 0 Å². The summed E-state index contributed by atoms with van der Waals surface area (Å²) in [5.74, 6) is 1.38. The maximum absolute atomic E-state index is 12.6. The summed E-state index contributed by atoms with van der Waals surface area (Å²) in [5, 5.41) is 10.4. The van der Waals surface area contributed by atoms with Gasteiger partial charge in [-0.1, -0.05) is 42.1 Å². The molecule has 1 unspecified atom stereocenters. The van der Waals surface area contributed by atoms with E-state index in [0.29, 0.717) is 29.2 Å². The lowest BCUT2D eigenvalue weighted by Crippen LogP contribution is -2.17. The molecule has 2 aromatic carbocycles. The standard InChI is InChI=1S/C20H20O4S/c1-23-18-9-8-15(12-19(18)24-2)25-20-16(21)10-14(11-17(20)22)13-6-4-3-5-7-13/h3-9,12,14,21H,10-11H2,1-2H3. The summed E-state index contributed by atoms with van der Waals surface area (Å²) < 4.78 is 10.5. The number of carbonyl (C=O) groups is 1. The second-order valence-electron chi connectivity index (χ2n) is 5.83. The van der Waals surface area contributed by atoms with Crippen molar-refractivity contribution in [3.05, 3.63) is 64.8 Å². The molecule has 0 saturated heterocycles. The maximum Gasteiger partial charge on any atom is 0.173 e. The number of methoxy groups -OCH3 is 2. The van der Waals surface area contributed by atoms with E-state index in [1.54, 1.807) is 26.4 Å². The molecule has 0 bridgehead atoms. The zero-order valence-electron chi connectivity index (χ0n) is 14.2. The highest BCUT2D eigenvalue weighted by Gasteiger charge is 2.29. The molecule has 1 aliphatic rings. The van der Waals surface area contributed by atoms with Crippen molar-refractivity contribution in [2.75, 3.05) is 14.2 Å². The Labute approximate surface area is 151 Å². The van der Waals surface area contributed by atoms with Gasteiger partial charge >= 0.3 is 0 Å². The molecule has 0 heterocycles. The Kier molecular flexibility index (Phi) is 5.34. The summed E-state index contributed by atoms with van der Waals surface area (Å²) in [7, 11) is 3.15. The molecular formula is C20H20O4S. The zero-order valence-corrected chi connectivity index (χ0v) is 15.0. The van der Waals surface area contributed by atoms with Crippen molar-refractivity contribution in [1.82, 2.24) is 0 Å². The minimum absolute atomic E-state index is 0.0302. The predicted octanol–water partition coefficient (Wildman–Crippen LogP) is 4.71. The number of ether oxygens (including phenoxy) is 2. The Bertz CT molecular complexity index is 799. The molecule has 1 N–H and O–H groups in total. The van der Waals surface area contributed by atoms with Crippen LogP contribution in [-0.2, 0) is 4.79 Å². The summed E-state index contributed by atoms with van der Waals surface area (Å²) in [6.07, 6.45) is 0.884. The Morgan fingerprint density at radius 2 is 1.72 bits per heavy atom. The third-order valence-electron chi connectivity index (χ3n) is 4.23. The van der Waals surface area contributed by atoms with Crippen LogP contribution in [0.4, 0.5) is 0 Å². The number of ketones is 1. The summed E-state index contributed by atoms with van der Waals surface area (Å²) in [6.45, 7) is 0. The van der Waals surface area contributed by atoms with Crippen LogP contribution in [0.25, 0.3) is 0 Å². The fraction of sp³-hybridized carbons (Fsp3) is 0.250. The number of rotatable bonds is 5. The third kappa shape index (κ3) is 3.82. The average molecular weight is 356 g/mol. The van der Waals surface area contributed by atoms with Gasteiger partial charge in [-0.25, -0.2) is 0 Å². The number of aliphatic hydroxyl groups excluding tert-OH is 1. The smallest absolute Gasteiger partial charge is 0.173 e. The van der Waals surface area contributed by atoms with Gasteiger partial charge in [0.1, 0.15) is 5.76 Å². The normalized spacial score (nSPS) is 17.5. The van der Waals surface area contributed by atoms with Crippen molar-refractivity contribution in [1.29, 1.82) is 0 Å². The lowest BCUT2D eigenvalue weighted by molar-refractivity contribution is -0.115. The number of thioether (sulfide) groups is 1. The summed E-state index contributed by atoms with van der Waals surface area (Å²) in [6, 6.07) is 15.3. The van der Waals surface area contributed by atoms with Crippen LogP contribution in [0, 0.1) is 0 Å². The number of Topliss-reactive ketones (excluding diaryl/α,β-unsaturated/α-hetero) is 1. The van der Waals surface area contributed by atoms with Crippen molar-refractivity contribution in [3.63, 3.8) is 0 Å². The van der Waals surface area contributed by atoms with Crippen LogP contribution in [-0.4, -0.2) is 25.1 Å². The molecule has 0 aromatic heterocycles. The van der Waals surface area contributed by atoms with Crippen molar-refractivity contribution < 1.29 is 19.4 Å². The van der Waals surface area contributed by atoms with E-state index < -0.39 is 0 Å². The molecule has 4 nitrogen and oxygen atoms in total. The minimum Gasteiger partial charge on any atom is -0.511 e. The second-order valence-corrected chi connectivity index (χ2v) is 6.92. The van der Waals surface area contributed by atoms with Crippen molar-refractivity contribution in [2.24, 2.45) is 0 Å². The van der Waals surface area contributed by atoms with E-state index in [9.17, 15) is 9.90 Å². The van der Waals surface area contributed by atoms with Crippen LogP contribution in [0.1, 0.15) is 24.3 Å². The molecule has 2 aromatic rings. The molecule has 0 amide bonds. The number of aliphatic hydroxyl groups is 1. The topological polar surface area (TPSA) is 55.8 Å². The first-order valence-corrected chi connectivity index (χ1v) is 8.84. The average Bonchev–Trinajstić information content (AvgIpc) is 2.65. The zero-order chi connectivity index (χ0) is 17.8. The molecule has 1 aliphatic carbocycles. The first kappa shape index (κ1) is 17.4. The number of hydrogen-bond acceptors (Lipinski definition) is 5. The van der Waals surface area contributed by atoms with Gasteiger partial charge in [0.2, 0.25) is 0 Å². The van der Waals surface area contributed by atoms with Crippen LogP contribution in [0.3, 0.4) is 0 Å². The van der Waals surface area contributed by atoms with Gasteiger partial charge in [0, 0.05) is 17.7 Å². The van der Waals surface area contributed by atoms with E-state index in [-0.39, 0.29) is 17.5 Å². The Morgan fingerprint density at radius 1 is 1.00 bits per heavy atom. The van der Waals surface area contributed by atoms with E-state index in [0.717, 1.165) is 10.5 Å². The summed E-state index contributed by atoms with van der Waals surface area (Å²) in [5.41, 5.74) is 1.08. The van der Waals surface area contributed by atoms with E-state index in [4.69, 9.17) is 9.47 Å². The van der Waals surface area contributed by atoms with Crippen molar-refractivity contribution in [3.8, 4) is 11.5 Å². The van der Waals surface area contributed by atoms with Gasteiger partial charge in [-0.3, -0.25) is 4.79 Å². The van der Waals surface area contributed by atoms with Crippen molar-refractivity contribution >= 4 is 17.5 Å². The lowest BCUT2D eigenvalue weighted by Gasteiger charge is -2.23.